The number of nitrogens with zero attached hydrogens (tertiary/aromatic N) is 3. The Morgan fingerprint density at radius 1 is 1.02 bits per heavy atom. The van der Waals surface area contributed by atoms with Crippen molar-refractivity contribution in [3.05, 3.63) is 106 Å². The number of aliphatic hydroxyl groups excluding tert-OH is 1. The van der Waals surface area contributed by atoms with Gasteiger partial charge in [-0.3, -0.25) is 19.3 Å². The Kier molecular flexibility index (Phi) is 8.72. The molecule has 0 saturated carbocycles. The molecule has 0 spiro atoms. The predicted molar refractivity (Wildman–Crippen MR) is 135 cm³/mol. The van der Waals surface area contributed by atoms with E-state index in [9.17, 15) is 41.0 Å². The van der Waals surface area contributed by atoms with Crippen molar-refractivity contribution in [2.75, 3.05) is 0 Å². The van der Waals surface area contributed by atoms with Crippen LogP contribution in [0.25, 0.3) is 11.1 Å². The number of aliphatic hydroxyl groups is 1. The molecule has 1 atom stereocenters. The van der Waals surface area contributed by atoms with Crippen LogP contribution >= 0.6 is 0 Å². The van der Waals surface area contributed by atoms with Gasteiger partial charge in [0.15, 0.2) is 17.3 Å². The maximum Gasteiger partial charge on any atom is 0.435 e. The molecule has 1 N–H and O–H groups in total. The first-order valence-electron chi connectivity index (χ1n) is 12.3. The van der Waals surface area contributed by atoms with Crippen molar-refractivity contribution in [2.24, 2.45) is 0 Å². The fraction of sp³-hybridized carbons (Fsp3) is 0.241. The second-order valence-electron chi connectivity index (χ2n) is 9.46. The van der Waals surface area contributed by atoms with E-state index in [1.807, 2.05) is 0 Å². The Balaban J connectivity index is 1.73. The van der Waals surface area contributed by atoms with Crippen LogP contribution < -0.4 is 0 Å². The summed E-state index contributed by atoms with van der Waals surface area (Å²) in [4.78, 5) is 29.5. The third kappa shape index (κ3) is 7.07. The summed E-state index contributed by atoms with van der Waals surface area (Å²) in [5, 5.41) is 12.7. The second-order valence-corrected chi connectivity index (χ2v) is 9.46. The summed E-state index contributed by atoms with van der Waals surface area (Å²) >= 11 is 0. The number of carbonyl (C=O) groups is 2. The largest absolute Gasteiger partial charge is 0.435 e. The van der Waals surface area contributed by atoms with Gasteiger partial charge in [-0.05, 0) is 54.8 Å². The lowest BCUT2D eigenvalue weighted by Crippen LogP contribution is -2.18. The van der Waals surface area contributed by atoms with Crippen molar-refractivity contribution < 1.29 is 41.0 Å². The minimum Gasteiger partial charge on any atom is -0.392 e. The first kappa shape index (κ1) is 29.7. The summed E-state index contributed by atoms with van der Waals surface area (Å²) < 4.78 is 82.7. The molecular weight excluding hydrogens is 552 g/mol. The summed E-state index contributed by atoms with van der Waals surface area (Å²) in [5.41, 5.74) is -0.676. The minimum atomic E-state index is -4.84. The van der Waals surface area contributed by atoms with Crippen LogP contribution in [-0.4, -0.2) is 31.4 Å². The number of carbonyl (C=O) groups excluding carboxylic acids is 2. The molecule has 2 heterocycles. The summed E-state index contributed by atoms with van der Waals surface area (Å²) in [6, 6.07) is 9.93. The van der Waals surface area contributed by atoms with Crippen molar-refractivity contribution in [3.63, 3.8) is 0 Å². The molecule has 2 aromatic heterocycles. The zero-order valence-electron chi connectivity index (χ0n) is 21.6. The summed E-state index contributed by atoms with van der Waals surface area (Å²) in [5.74, 6) is -4.34. The normalized spacial score (nSPS) is 12.4. The molecule has 41 heavy (non-hydrogen) atoms. The number of ketones is 2. The molecule has 0 aliphatic rings. The molecule has 214 valence electrons. The zero-order valence-corrected chi connectivity index (χ0v) is 21.6. The van der Waals surface area contributed by atoms with Crippen LogP contribution in [0.4, 0.5) is 26.3 Å². The number of hydrogen-bond acceptors (Lipinski definition) is 5. The van der Waals surface area contributed by atoms with E-state index < -0.39 is 65.5 Å². The van der Waals surface area contributed by atoms with Gasteiger partial charge in [-0.15, -0.1) is 0 Å². The highest BCUT2D eigenvalue weighted by Gasteiger charge is 2.37. The van der Waals surface area contributed by atoms with Gasteiger partial charge in [0.2, 0.25) is 0 Å². The molecule has 0 amide bonds. The van der Waals surface area contributed by atoms with Crippen molar-refractivity contribution in [2.45, 2.75) is 45.0 Å². The Labute approximate surface area is 230 Å². The molecule has 6 nitrogen and oxygen atoms in total. The molecular formula is C29H23F6N3O3. The Morgan fingerprint density at radius 2 is 1.73 bits per heavy atom. The van der Waals surface area contributed by atoms with Crippen molar-refractivity contribution >= 4 is 11.6 Å². The van der Waals surface area contributed by atoms with Crippen LogP contribution in [-0.2, 0) is 30.5 Å². The van der Waals surface area contributed by atoms with E-state index in [0.717, 1.165) is 29.1 Å². The molecule has 0 fully saturated rings. The number of benzene rings is 2. The summed E-state index contributed by atoms with van der Waals surface area (Å²) in [6.45, 7) is -0.313. The first-order valence-corrected chi connectivity index (χ1v) is 12.3. The van der Waals surface area contributed by atoms with Gasteiger partial charge >= 0.3 is 6.18 Å². The van der Waals surface area contributed by atoms with Crippen molar-refractivity contribution in [1.82, 2.24) is 14.8 Å². The second kappa shape index (κ2) is 12.0. The maximum absolute atomic E-state index is 14.2. The molecule has 0 aliphatic heterocycles. The van der Waals surface area contributed by atoms with E-state index in [1.54, 1.807) is 12.1 Å². The molecule has 4 rings (SSSR count). The van der Waals surface area contributed by atoms with E-state index in [2.05, 4.69) is 10.1 Å². The van der Waals surface area contributed by atoms with E-state index in [1.165, 1.54) is 25.3 Å². The highest BCUT2D eigenvalue weighted by Crippen LogP contribution is 2.34. The molecule has 0 aliphatic carbocycles. The Hall–Kier alpha value is -4.32. The SMILES string of the molecule is CC(=O)c1cc(-c2cccnc2[C@@H](CC(=O)Cn2cc(CO)c(C(F)(F)F)n2)Cc2cc(F)cc(F)c2)ccc1F. The maximum atomic E-state index is 14.2. The van der Waals surface area contributed by atoms with Crippen LogP contribution in [0, 0.1) is 17.5 Å². The number of alkyl halides is 3. The van der Waals surface area contributed by atoms with Crippen LogP contribution in [0.2, 0.25) is 0 Å². The average molecular weight is 576 g/mol. The van der Waals surface area contributed by atoms with Gasteiger partial charge in [-0.1, -0.05) is 12.1 Å². The monoisotopic (exact) mass is 575 g/mol. The lowest BCUT2D eigenvalue weighted by Gasteiger charge is -2.20. The van der Waals surface area contributed by atoms with Crippen molar-refractivity contribution in [3.8, 4) is 11.1 Å². The standard InChI is InChI=1S/C29H23F6N3O3/c1-16(40)25-11-18(4-5-26(25)32)24-3-2-6-36-27(24)19(7-17-8-21(30)12-22(31)9-17)10-23(41)14-38-13-20(15-39)28(37-38)29(33,34)35/h2-6,8-9,11-13,19,39H,7,10,14-15H2,1H3/t19-/m1/s1. The fourth-order valence-electron chi connectivity index (χ4n) is 4.65. The predicted octanol–water partition coefficient (Wildman–Crippen LogP) is 6.06. The third-order valence-electron chi connectivity index (χ3n) is 6.38. The topological polar surface area (TPSA) is 85.1 Å². The lowest BCUT2D eigenvalue weighted by atomic mass is 9.86. The molecule has 0 saturated heterocycles. The van der Waals surface area contributed by atoms with Gasteiger partial charge in [0.05, 0.1) is 24.4 Å². The van der Waals surface area contributed by atoms with Crippen LogP contribution in [0.5, 0.6) is 0 Å². The fourth-order valence-corrected chi connectivity index (χ4v) is 4.65. The van der Waals surface area contributed by atoms with Crippen LogP contribution in [0.15, 0.2) is 60.9 Å². The number of halogens is 6. The molecule has 0 radical (unpaired) electrons. The van der Waals surface area contributed by atoms with E-state index >= 15 is 0 Å². The molecule has 0 unspecified atom stereocenters. The molecule has 12 heteroatoms. The molecule has 4 aromatic rings. The van der Waals surface area contributed by atoms with Gasteiger partial charge in [0.25, 0.3) is 0 Å². The summed E-state index contributed by atoms with van der Waals surface area (Å²) in [7, 11) is 0. The van der Waals surface area contributed by atoms with E-state index in [0.29, 0.717) is 22.9 Å². The molecule has 2 aromatic carbocycles. The van der Waals surface area contributed by atoms with Crippen molar-refractivity contribution in [1.29, 1.82) is 0 Å². The smallest absolute Gasteiger partial charge is 0.392 e. The zero-order chi connectivity index (χ0) is 29.9. The molecule has 0 bridgehead atoms. The van der Waals surface area contributed by atoms with Crippen LogP contribution in [0.1, 0.15) is 52.1 Å². The highest BCUT2D eigenvalue weighted by atomic mass is 19.4. The number of rotatable bonds is 10. The Morgan fingerprint density at radius 3 is 2.34 bits per heavy atom. The van der Waals surface area contributed by atoms with Gasteiger partial charge in [0, 0.05) is 41.9 Å². The number of Topliss-reactive ketones (excluding diaryl/α,β-unsaturated/α-hetero) is 2. The quantitative estimate of drug-likeness (QED) is 0.184. The van der Waals surface area contributed by atoms with Gasteiger partial charge in [-0.25, -0.2) is 13.2 Å². The third-order valence-corrected chi connectivity index (χ3v) is 6.38. The first-order chi connectivity index (χ1) is 19.3. The number of aromatic nitrogens is 3. The number of hydrogen-bond donors (Lipinski definition) is 1. The van der Waals surface area contributed by atoms with E-state index in [-0.39, 0.29) is 24.0 Å². The van der Waals surface area contributed by atoms with Gasteiger partial charge in [0.1, 0.15) is 17.5 Å². The van der Waals surface area contributed by atoms with E-state index in [4.69, 9.17) is 0 Å². The number of pyridine rings is 1. The summed E-state index contributed by atoms with van der Waals surface area (Å²) in [6.07, 6.45) is -2.90. The Bertz CT molecular complexity index is 1580. The lowest BCUT2D eigenvalue weighted by molar-refractivity contribution is -0.142. The minimum absolute atomic E-state index is 0.0833. The average Bonchev–Trinajstić information content (AvgIpc) is 3.31. The van der Waals surface area contributed by atoms with Gasteiger partial charge in [-0.2, -0.15) is 18.3 Å². The van der Waals surface area contributed by atoms with Gasteiger partial charge < -0.3 is 5.11 Å². The van der Waals surface area contributed by atoms with Crippen LogP contribution in [0.3, 0.4) is 0 Å². The highest BCUT2D eigenvalue weighted by molar-refractivity contribution is 5.95.